The molecule has 0 saturated carbocycles. The van der Waals surface area contributed by atoms with Gasteiger partial charge in [-0.05, 0) is 23.3 Å². The number of aromatic nitrogens is 1. The van der Waals surface area contributed by atoms with Crippen molar-refractivity contribution in [3.63, 3.8) is 0 Å². The van der Waals surface area contributed by atoms with Gasteiger partial charge in [0.15, 0.2) is 11.6 Å². The molecule has 0 unspecified atom stereocenters. The average Bonchev–Trinajstić information content (AvgIpc) is 2.85. The summed E-state index contributed by atoms with van der Waals surface area (Å²) in [5.41, 5.74) is 1.62. The standard InChI is InChI=1S/C25H19F2N3O2S/c26-19-23(33(31,32)18-14-8-3-9-15-18)22-25(30-24(19)27)29-21(17-12-6-2-7-13-17)20(28-22)16-10-4-1-5-11-16/h1-15,20-21,28H,(H,29,30)/t20-,21+/m0/s1. The molecule has 8 heteroatoms. The summed E-state index contributed by atoms with van der Waals surface area (Å²) in [5.74, 6) is -3.07. The molecule has 4 aromatic rings. The molecule has 3 aromatic carbocycles. The first-order chi connectivity index (χ1) is 16.0. The van der Waals surface area contributed by atoms with E-state index in [1.54, 1.807) is 6.07 Å². The van der Waals surface area contributed by atoms with Gasteiger partial charge in [-0.2, -0.15) is 9.37 Å². The van der Waals surface area contributed by atoms with Crippen LogP contribution in [-0.2, 0) is 9.84 Å². The Morgan fingerprint density at radius 1 is 0.697 bits per heavy atom. The van der Waals surface area contributed by atoms with Crippen LogP contribution in [0.25, 0.3) is 0 Å². The van der Waals surface area contributed by atoms with E-state index in [0.29, 0.717) is 0 Å². The summed E-state index contributed by atoms with van der Waals surface area (Å²) in [6, 6.07) is 25.3. The van der Waals surface area contributed by atoms with Crippen molar-refractivity contribution >= 4 is 21.3 Å². The first-order valence-corrected chi connectivity index (χ1v) is 11.8. The lowest BCUT2D eigenvalue weighted by Gasteiger charge is -2.37. The maximum atomic E-state index is 15.0. The molecule has 166 valence electrons. The van der Waals surface area contributed by atoms with E-state index in [0.717, 1.165) is 11.1 Å². The molecule has 0 aliphatic carbocycles. The number of nitrogens with zero attached hydrogens (tertiary/aromatic N) is 1. The highest BCUT2D eigenvalue weighted by Crippen LogP contribution is 2.45. The Bertz CT molecular complexity index is 1400. The minimum absolute atomic E-state index is 0.0653. The van der Waals surface area contributed by atoms with Gasteiger partial charge in [-0.25, -0.2) is 12.8 Å². The van der Waals surface area contributed by atoms with Crippen LogP contribution in [0.3, 0.4) is 0 Å². The summed E-state index contributed by atoms with van der Waals surface area (Å²) in [6.45, 7) is 0. The fourth-order valence-electron chi connectivity index (χ4n) is 4.06. The Labute approximate surface area is 190 Å². The van der Waals surface area contributed by atoms with E-state index < -0.39 is 38.6 Å². The molecule has 0 amide bonds. The number of hydrogen-bond donors (Lipinski definition) is 2. The third kappa shape index (κ3) is 3.72. The van der Waals surface area contributed by atoms with Gasteiger partial charge in [-0.3, -0.25) is 0 Å². The number of hydrogen-bond acceptors (Lipinski definition) is 5. The highest BCUT2D eigenvalue weighted by Gasteiger charge is 2.38. The van der Waals surface area contributed by atoms with E-state index in [9.17, 15) is 12.8 Å². The molecule has 0 bridgehead atoms. The van der Waals surface area contributed by atoms with Crippen LogP contribution in [0, 0.1) is 11.8 Å². The molecule has 33 heavy (non-hydrogen) atoms. The van der Waals surface area contributed by atoms with Gasteiger partial charge in [0.1, 0.15) is 10.6 Å². The van der Waals surface area contributed by atoms with Crippen LogP contribution >= 0.6 is 0 Å². The summed E-state index contributed by atoms with van der Waals surface area (Å²) < 4.78 is 56.3. The predicted octanol–water partition coefficient (Wildman–Crippen LogP) is 5.51. The molecule has 5 rings (SSSR count). The summed E-state index contributed by atoms with van der Waals surface area (Å²) in [6.07, 6.45) is 0. The maximum absolute atomic E-state index is 15.0. The smallest absolute Gasteiger partial charge is 0.252 e. The number of sulfone groups is 1. The Kier molecular flexibility index (Phi) is 5.30. The molecular weight excluding hydrogens is 444 g/mol. The van der Waals surface area contributed by atoms with Gasteiger partial charge in [0.25, 0.3) is 5.95 Å². The Morgan fingerprint density at radius 2 is 1.18 bits per heavy atom. The van der Waals surface area contributed by atoms with E-state index in [1.165, 1.54) is 24.3 Å². The third-order valence-electron chi connectivity index (χ3n) is 5.62. The zero-order valence-electron chi connectivity index (χ0n) is 17.2. The van der Waals surface area contributed by atoms with Crippen molar-refractivity contribution in [3.8, 4) is 0 Å². The van der Waals surface area contributed by atoms with E-state index >= 15 is 4.39 Å². The summed E-state index contributed by atoms with van der Waals surface area (Å²) in [4.78, 5) is 2.80. The van der Waals surface area contributed by atoms with Gasteiger partial charge in [0.05, 0.1) is 17.0 Å². The van der Waals surface area contributed by atoms with Crippen molar-refractivity contribution in [2.24, 2.45) is 0 Å². The number of pyridine rings is 1. The molecule has 0 spiro atoms. The van der Waals surface area contributed by atoms with Crippen LogP contribution in [0.5, 0.6) is 0 Å². The van der Waals surface area contributed by atoms with Crippen LogP contribution in [0.4, 0.5) is 20.3 Å². The van der Waals surface area contributed by atoms with Crippen molar-refractivity contribution in [1.29, 1.82) is 0 Å². The molecule has 1 aliphatic heterocycles. The number of halogens is 2. The highest BCUT2D eigenvalue weighted by atomic mass is 32.2. The molecule has 2 N–H and O–H groups in total. The fraction of sp³-hybridized carbons (Fsp3) is 0.0800. The van der Waals surface area contributed by atoms with Crippen molar-refractivity contribution < 1.29 is 17.2 Å². The number of anilines is 2. The normalized spacial score (nSPS) is 17.5. The largest absolute Gasteiger partial charge is 0.372 e. The number of nitrogens with one attached hydrogen (secondary N) is 2. The van der Waals surface area contributed by atoms with E-state index in [4.69, 9.17) is 0 Å². The van der Waals surface area contributed by atoms with Crippen LogP contribution < -0.4 is 10.6 Å². The number of fused-ring (bicyclic) bond motifs is 1. The molecule has 2 atom stereocenters. The molecule has 1 aliphatic rings. The number of benzene rings is 3. The van der Waals surface area contributed by atoms with Crippen molar-refractivity contribution in [2.75, 3.05) is 10.6 Å². The van der Waals surface area contributed by atoms with Gasteiger partial charge in [-0.15, -0.1) is 0 Å². The Morgan fingerprint density at radius 3 is 1.73 bits per heavy atom. The zero-order valence-corrected chi connectivity index (χ0v) is 18.1. The first kappa shape index (κ1) is 21.1. The van der Waals surface area contributed by atoms with E-state index in [-0.39, 0.29) is 16.4 Å². The number of rotatable bonds is 4. The van der Waals surface area contributed by atoms with Gasteiger partial charge >= 0.3 is 0 Å². The Balaban J connectivity index is 1.72. The van der Waals surface area contributed by atoms with E-state index in [2.05, 4.69) is 15.6 Å². The minimum Gasteiger partial charge on any atom is -0.372 e. The van der Waals surface area contributed by atoms with Crippen LogP contribution in [0.1, 0.15) is 23.2 Å². The van der Waals surface area contributed by atoms with Gasteiger partial charge in [0.2, 0.25) is 9.84 Å². The third-order valence-corrected chi connectivity index (χ3v) is 7.43. The molecule has 0 saturated heterocycles. The molecule has 0 radical (unpaired) electrons. The van der Waals surface area contributed by atoms with Crippen LogP contribution in [0.2, 0.25) is 0 Å². The minimum atomic E-state index is -4.38. The topological polar surface area (TPSA) is 71.1 Å². The lowest BCUT2D eigenvalue weighted by molar-refractivity contribution is 0.457. The summed E-state index contributed by atoms with van der Waals surface area (Å²) in [7, 11) is -4.38. The fourth-order valence-corrected chi connectivity index (χ4v) is 5.56. The van der Waals surface area contributed by atoms with Crippen LogP contribution in [0.15, 0.2) is 101 Å². The zero-order chi connectivity index (χ0) is 23.0. The van der Waals surface area contributed by atoms with Crippen molar-refractivity contribution in [3.05, 3.63) is 114 Å². The SMILES string of the molecule is O=S(=O)(c1ccccc1)c1c(F)c(F)nc2c1N[C@@H](c1ccccc1)[C@@H](c1ccccc1)N2. The van der Waals surface area contributed by atoms with Crippen molar-refractivity contribution in [1.82, 2.24) is 4.98 Å². The quantitative estimate of drug-likeness (QED) is 0.391. The van der Waals surface area contributed by atoms with Gasteiger partial charge in [0, 0.05) is 0 Å². The average molecular weight is 464 g/mol. The predicted molar refractivity (Wildman–Crippen MR) is 122 cm³/mol. The molecule has 5 nitrogen and oxygen atoms in total. The van der Waals surface area contributed by atoms with Crippen LogP contribution in [-0.4, -0.2) is 13.4 Å². The highest BCUT2D eigenvalue weighted by molar-refractivity contribution is 7.91. The molecular formula is C25H19F2N3O2S. The van der Waals surface area contributed by atoms with E-state index in [1.807, 2.05) is 60.7 Å². The monoisotopic (exact) mass is 463 g/mol. The van der Waals surface area contributed by atoms with Crippen molar-refractivity contribution in [2.45, 2.75) is 21.9 Å². The molecule has 0 fully saturated rings. The second-order valence-corrected chi connectivity index (χ2v) is 9.54. The lowest BCUT2D eigenvalue weighted by Crippen LogP contribution is -2.32. The summed E-state index contributed by atoms with van der Waals surface area (Å²) >= 11 is 0. The Hall–Kier alpha value is -3.78. The van der Waals surface area contributed by atoms with Gasteiger partial charge in [-0.1, -0.05) is 78.9 Å². The second kappa shape index (κ2) is 8.29. The van der Waals surface area contributed by atoms with Gasteiger partial charge < -0.3 is 10.6 Å². The first-order valence-electron chi connectivity index (χ1n) is 10.3. The molecule has 2 heterocycles. The summed E-state index contributed by atoms with van der Waals surface area (Å²) in [5, 5.41) is 6.31. The lowest BCUT2D eigenvalue weighted by atomic mass is 9.91. The maximum Gasteiger partial charge on any atom is 0.252 e. The second-order valence-electron chi connectivity index (χ2n) is 7.65. The molecule has 1 aromatic heterocycles.